The molecule has 3 aromatic rings. The van der Waals surface area contributed by atoms with Gasteiger partial charge in [0.2, 0.25) is 5.91 Å². The van der Waals surface area contributed by atoms with Gasteiger partial charge in [0.1, 0.15) is 5.69 Å². The van der Waals surface area contributed by atoms with Crippen molar-refractivity contribution < 1.29 is 9.59 Å². The van der Waals surface area contributed by atoms with Crippen molar-refractivity contribution in [2.24, 2.45) is 0 Å². The van der Waals surface area contributed by atoms with Gasteiger partial charge >= 0.3 is 0 Å². The Labute approximate surface area is 224 Å². The average Bonchev–Trinajstić information content (AvgIpc) is 2.86. The van der Waals surface area contributed by atoms with Crippen LogP contribution in [0.25, 0.3) is 11.1 Å². The minimum Gasteiger partial charge on any atom is -0.374 e. The van der Waals surface area contributed by atoms with Gasteiger partial charge in [-0.2, -0.15) is 0 Å². The van der Waals surface area contributed by atoms with Gasteiger partial charge in [-0.05, 0) is 77.4 Å². The quantitative estimate of drug-likeness (QED) is 0.340. The van der Waals surface area contributed by atoms with E-state index in [4.69, 9.17) is 0 Å². The predicted molar refractivity (Wildman–Crippen MR) is 154 cm³/mol. The van der Waals surface area contributed by atoms with Crippen molar-refractivity contribution in [2.75, 3.05) is 23.7 Å². The largest absolute Gasteiger partial charge is 0.374 e. The van der Waals surface area contributed by atoms with E-state index >= 15 is 0 Å². The summed E-state index contributed by atoms with van der Waals surface area (Å²) < 4.78 is 0. The summed E-state index contributed by atoms with van der Waals surface area (Å²) >= 11 is 0. The molecule has 4 rings (SSSR count). The zero-order chi connectivity index (χ0) is 27.6. The molecular weight excluding hydrogens is 476 g/mol. The lowest BCUT2D eigenvalue weighted by Crippen LogP contribution is -2.56. The second-order valence-electron chi connectivity index (χ2n) is 10.6. The number of H-pyrrole nitrogens is 1. The first-order chi connectivity index (χ1) is 18.0. The van der Waals surface area contributed by atoms with E-state index in [-0.39, 0.29) is 29.3 Å². The molecule has 3 N–H and O–H groups in total. The van der Waals surface area contributed by atoms with Crippen molar-refractivity contribution in [2.45, 2.75) is 52.5 Å². The fourth-order valence-electron chi connectivity index (χ4n) is 4.74. The molecule has 1 aromatic heterocycles. The first-order valence-corrected chi connectivity index (χ1v) is 13.0. The Bertz CT molecular complexity index is 1430. The Kier molecular flexibility index (Phi) is 7.86. The van der Waals surface area contributed by atoms with Gasteiger partial charge in [0.05, 0.1) is 6.04 Å². The molecule has 2 amide bonds. The normalized spacial score (nSPS) is 13.4. The number of aryl methyl sites for hydroxylation is 1. The number of likely N-dealkylation sites (tertiary alicyclic amines) is 1. The highest BCUT2D eigenvalue weighted by Crippen LogP contribution is 2.28. The number of benzene rings is 2. The second-order valence-corrected chi connectivity index (χ2v) is 10.6. The van der Waals surface area contributed by atoms with Crippen molar-refractivity contribution in [3.63, 3.8) is 0 Å². The van der Waals surface area contributed by atoms with Crippen LogP contribution >= 0.6 is 0 Å². The van der Waals surface area contributed by atoms with Gasteiger partial charge in [0, 0.05) is 36.1 Å². The Morgan fingerprint density at radius 3 is 2.39 bits per heavy atom. The van der Waals surface area contributed by atoms with Gasteiger partial charge in [0.15, 0.2) is 0 Å². The fourth-order valence-corrected chi connectivity index (χ4v) is 4.74. The van der Waals surface area contributed by atoms with Gasteiger partial charge in [-0.1, -0.05) is 46.4 Å². The highest BCUT2D eigenvalue weighted by molar-refractivity contribution is 6.05. The number of hydrogen-bond donors (Lipinski definition) is 3. The van der Waals surface area contributed by atoms with Crippen LogP contribution in [0.1, 0.15) is 66.6 Å². The van der Waals surface area contributed by atoms with E-state index in [9.17, 15) is 14.4 Å². The molecule has 0 spiro atoms. The van der Waals surface area contributed by atoms with Crippen LogP contribution in [0.15, 0.2) is 66.1 Å². The van der Waals surface area contributed by atoms with Crippen LogP contribution in [0.2, 0.25) is 0 Å². The molecule has 2 aromatic carbocycles. The van der Waals surface area contributed by atoms with Crippen LogP contribution in [0.4, 0.5) is 11.4 Å². The number of nitrogens with zero attached hydrogens (tertiary/aromatic N) is 1. The molecule has 0 atom stereocenters. The summed E-state index contributed by atoms with van der Waals surface area (Å²) in [5, 5.41) is 6.28. The SMILES string of the molecule is C=CC(=O)N1CC(Nc2cc(-c3cc(C(=O)Nc4ccc(C(C)C)c(C)c4)cc(C(C)C)c3)c[nH]c2=O)C1. The topological polar surface area (TPSA) is 94.3 Å². The van der Waals surface area contributed by atoms with Crippen molar-refractivity contribution in [1.82, 2.24) is 9.88 Å². The maximum atomic E-state index is 13.3. The van der Waals surface area contributed by atoms with Gasteiger partial charge in [-0.15, -0.1) is 0 Å². The lowest BCUT2D eigenvalue weighted by Gasteiger charge is -2.39. The molecule has 1 aliphatic rings. The highest BCUT2D eigenvalue weighted by Gasteiger charge is 2.29. The fraction of sp³-hybridized carbons (Fsp3) is 0.323. The van der Waals surface area contributed by atoms with Crippen LogP contribution < -0.4 is 16.2 Å². The second kappa shape index (κ2) is 11.1. The summed E-state index contributed by atoms with van der Waals surface area (Å²) in [6, 6.07) is 13.6. The van der Waals surface area contributed by atoms with Crippen LogP contribution in [0, 0.1) is 6.92 Å². The summed E-state index contributed by atoms with van der Waals surface area (Å²) in [7, 11) is 0. The third-order valence-corrected chi connectivity index (χ3v) is 7.00. The van der Waals surface area contributed by atoms with E-state index in [0.717, 1.165) is 27.9 Å². The van der Waals surface area contributed by atoms with Gasteiger partial charge in [-0.25, -0.2) is 0 Å². The summed E-state index contributed by atoms with van der Waals surface area (Å²) in [5.74, 6) is 0.320. The van der Waals surface area contributed by atoms with Crippen LogP contribution in [0.5, 0.6) is 0 Å². The molecule has 0 radical (unpaired) electrons. The van der Waals surface area contributed by atoms with E-state index in [2.05, 4.69) is 62.9 Å². The van der Waals surface area contributed by atoms with Crippen molar-refractivity contribution in [3.05, 3.63) is 93.9 Å². The van der Waals surface area contributed by atoms with Crippen LogP contribution in [-0.4, -0.2) is 40.8 Å². The Morgan fingerprint density at radius 1 is 1.03 bits per heavy atom. The molecule has 0 bridgehead atoms. The van der Waals surface area contributed by atoms with E-state index in [1.54, 1.807) is 17.2 Å². The van der Waals surface area contributed by atoms with E-state index in [1.807, 2.05) is 30.3 Å². The third-order valence-electron chi connectivity index (χ3n) is 7.00. The predicted octanol–water partition coefficient (Wildman–Crippen LogP) is 5.66. The first kappa shape index (κ1) is 26.9. The monoisotopic (exact) mass is 512 g/mol. The van der Waals surface area contributed by atoms with Crippen LogP contribution in [0.3, 0.4) is 0 Å². The Morgan fingerprint density at radius 2 is 1.76 bits per heavy atom. The summed E-state index contributed by atoms with van der Waals surface area (Å²) in [6.45, 7) is 15.1. The molecule has 2 heterocycles. The van der Waals surface area contributed by atoms with Crippen molar-refractivity contribution in [3.8, 4) is 11.1 Å². The summed E-state index contributed by atoms with van der Waals surface area (Å²) in [5.41, 5.74) is 6.56. The zero-order valence-corrected chi connectivity index (χ0v) is 22.7. The van der Waals surface area contributed by atoms with E-state index in [0.29, 0.717) is 30.3 Å². The lowest BCUT2D eigenvalue weighted by molar-refractivity contribution is -0.129. The molecule has 1 saturated heterocycles. The van der Waals surface area contributed by atoms with Gasteiger partial charge < -0.3 is 20.5 Å². The third kappa shape index (κ3) is 5.88. The number of hydrogen-bond acceptors (Lipinski definition) is 4. The Hall–Kier alpha value is -4.13. The summed E-state index contributed by atoms with van der Waals surface area (Å²) in [6.07, 6.45) is 2.96. The molecule has 0 aliphatic carbocycles. The summed E-state index contributed by atoms with van der Waals surface area (Å²) in [4.78, 5) is 42.0. The zero-order valence-electron chi connectivity index (χ0n) is 22.7. The molecule has 1 aliphatic heterocycles. The first-order valence-electron chi connectivity index (χ1n) is 13.0. The number of rotatable bonds is 8. The van der Waals surface area contributed by atoms with Crippen molar-refractivity contribution >= 4 is 23.2 Å². The van der Waals surface area contributed by atoms with Gasteiger partial charge in [0.25, 0.3) is 11.5 Å². The molecule has 0 saturated carbocycles. The molecular formula is C31H36N4O3. The van der Waals surface area contributed by atoms with Crippen molar-refractivity contribution in [1.29, 1.82) is 0 Å². The number of carbonyl (C=O) groups excluding carboxylic acids is 2. The molecule has 0 unspecified atom stereocenters. The lowest BCUT2D eigenvalue weighted by atomic mass is 9.94. The average molecular weight is 513 g/mol. The van der Waals surface area contributed by atoms with E-state index < -0.39 is 0 Å². The minimum absolute atomic E-state index is 0.0101. The smallest absolute Gasteiger partial charge is 0.271 e. The Balaban J connectivity index is 1.59. The minimum atomic E-state index is -0.236. The van der Waals surface area contributed by atoms with Crippen LogP contribution in [-0.2, 0) is 4.79 Å². The number of nitrogens with one attached hydrogen (secondary N) is 3. The molecule has 1 fully saturated rings. The number of amides is 2. The van der Waals surface area contributed by atoms with E-state index in [1.165, 1.54) is 11.6 Å². The number of pyridine rings is 1. The molecule has 7 nitrogen and oxygen atoms in total. The number of carbonyl (C=O) groups is 2. The standard InChI is InChI=1S/C31H36N4O3/c1-7-29(36)35-16-26(17-35)33-28-14-24(15-32-31(28)38)22-11-21(18(2)3)12-23(13-22)30(37)34-25-8-9-27(19(4)5)20(6)10-25/h7-15,18-19,26,33H,1,16-17H2,2-6H3,(H,32,38)(H,34,37). The number of aromatic amines is 1. The number of aromatic nitrogens is 1. The molecule has 38 heavy (non-hydrogen) atoms. The molecule has 198 valence electrons. The van der Waals surface area contributed by atoms with Gasteiger partial charge in [-0.3, -0.25) is 14.4 Å². The molecule has 7 heteroatoms. The highest BCUT2D eigenvalue weighted by atomic mass is 16.2. The maximum absolute atomic E-state index is 13.3. The maximum Gasteiger partial charge on any atom is 0.271 e. The number of anilines is 2.